The van der Waals surface area contributed by atoms with Crippen LogP contribution in [-0.4, -0.2) is 4.98 Å². The van der Waals surface area contributed by atoms with Gasteiger partial charge in [0.25, 0.3) is 0 Å². The van der Waals surface area contributed by atoms with Gasteiger partial charge in [0.2, 0.25) is 0 Å². The molecule has 0 bridgehead atoms. The van der Waals surface area contributed by atoms with Crippen LogP contribution < -0.4 is 5.73 Å². The van der Waals surface area contributed by atoms with Gasteiger partial charge in [0, 0.05) is 5.56 Å². The third-order valence-corrected chi connectivity index (χ3v) is 4.96. The number of rotatable bonds is 1. The SMILES string of the molecule is Cc1cc(C)c(C)c(-c2nc(N)c(Br)s2)c1C. The van der Waals surface area contributed by atoms with Gasteiger partial charge in [-0.2, -0.15) is 0 Å². The molecule has 0 saturated carbocycles. The van der Waals surface area contributed by atoms with Crippen LogP contribution in [0.1, 0.15) is 22.3 Å². The van der Waals surface area contributed by atoms with E-state index in [1.165, 1.54) is 27.8 Å². The van der Waals surface area contributed by atoms with E-state index >= 15 is 0 Å². The Hall–Kier alpha value is -0.870. The summed E-state index contributed by atoms with van der Waals surface area (Å²) >= 11 is 5.02. The molecule has 0 unspecified atom stereocenters. The Labute approximate surface area is 114 Å². The Morgan fingerprint density at radius 3 is 2.06 bits per heavy atom. The number of aryl methyl sites for hydroxylation is 2. The smallest absolute Gasteiger partial charge is 0.149 e. The number of halogens is 1. The van der Waals surface area contributed by atoms with Crippen LogP contribution in [0.25, 0.3) is 10.6 Å². The van der Waals surface area contributed by atoms with Crippen LogP contribution in [0.15, 0.2) is 9.85 Å². The molecule has 2 aromatic rings. The lowest BCUT2D eigenvalue weighted by Crippen LogP contribution is -1.95. The van der Waals surface area contributed by atoms with E-state index < -0.39 is 0 Å². The number of nitrogen functional groups attached to an aromatic ring is 1. The summed E-state index contributed by atoms with van der Waals surface area (Å²) in [5, 5.41) is 0.996. The van der Waals surface area contributed by atoms with Gasteiger partial charge in [0.05, 0.1) is 0 Å². The molecule has 0 spiro atoms. The highest BCUT2D eigenvalue weighted by molar-refractivity contribution is 9.11. The molecule has 4 heteroatoms. The van der Waals surface area contributed by atoms with Crippen molar-refractivity contribution in [2.45, 2.75) is 27.7 Å². The van der Waals surface area contributed by atoms with Gasteiger partial charge in [0.15, 0.2) is 0 Å². The van der Waals surface area contributed by atoms with Crippen LogP contribution >= 0.6 is 27.3 Å². The second-order valence-corrected chi connectivity index (χ2v) is 6.63. The van der Waals surface area contributed by atoms with Crippen LogP contribution in [0, 0.1) is 27.7 Å². The molecule has 2 rings (SSSR count). The first-order valence-electron chi connectivity index (χ1n) is 5.41. The van der Waals surface area contributed by atoms with Crippen molar-refractivity contribution < 1.29 is 0 Å². The van der Waals surface area contributed by atoms with Crippen molar-refractivity contribution in [3.05, 3.63) is 32.1 Å². The molecule has 1 aromatic carbocycles. The minimum Gasteiger partial charge on any atom is -0.382 e. The minimum atomic E-state index is 0.572. The van der Waals surface area contributed by atoms with Crippen molar-refractivity contribution in [2.24, 2.45) is 0 Å². The average Bonchev–Trinajstić information content (AvgIpc) is 2.57. The third-order valence-electron chi connectivity index (χ3n) is 3.19. The van der Waals surface area contributed by atoms with E-state index in [9.17, 15) is 0 Å². The third kappa shape index (κ3) is 2.11. The van der Waals surface area contributed by atoms with E-state index in [0.29, 0.717) is 5.82 Å². The molecule has 0 aliphatic rings. The first-order chi connectivity index (χ1) is 7.91. The number of thiazole rings is 1. The summed E-state index contributed by atoms with van der Waals surface area (Å²) in [4.78, 5) is 4.43. The van der Waals surface area contributed by atoms with Crippen LogP contribution in [0.2, 0.25) is 0 Å². The molecule has 0 atom stereocenters. The predicted octanol–water partition coefficient (Wildman–Crippen LogP) is 4.39. The summed E-state index contributed by atoms with van der Waals surface area (Å²) in [6.07, 6.45) is 0. The molecule has 90 valence electrons. The number of aromatic nitrogens is 1. The number of hydrogen-bond acceptors (Lipinski definition) is 3. The molecule has 0 aliphatic heterocycles. The first-order valence-corrected chi connectivity index (χ1v) is 7.02. The number of nitrogens with two attached hydrogens (primary N) is 1. The summed E-state index contributed by atoms with van der Waals surface area (Å²) in [6.45, 7) is 8.56. The maximum absolute atomic E-state index is 5.81. The number of nitrogens with zero attached hydrogens (tertiary/aromatic N) is 1. The van der Waals surface area contributed by atoms with Crippen molar-refractivity contribution in [1.82, 2.24) is 4.98 Å². The fraction of sp³-hybridized carbons (Fsp3) is 0.308. The lowest BCUT2D eigenvalue weighted by molar-refractivity contribution is 1.23. The molecule has 0 fully saturated rings. The molecular weight excluding hydrogens is 296 g/mol. The zero-order chi connectivity index (χ0) is 12.7. The van der Waals surface area contributed by atoms with Crippen LogP contribution in [-0.2, 0) is 0 Å². The minimum absolute atomic E-state index is 0.572. The lowest BCUT2D eigenvalue weighted by Gasteiger charge is -2.12. The maximum Gasteiger partial charge on any atom is 0.149 e. The van der Waals surface area contributed by atoms with E-state index in [1.54, 1.807) is 11.3 Å². The largest absolute Gasteiger partial charge is 0.382 e. The molecule has 2 nitrogen and oxygen atoms in total. The fourth-order valence-corrected chi connectivity index (χ4v) is 3.38. The van der Waals surface area contributed by atoms with Gasteiger partial charge in [-0.05, 0) is 65.9 Å². The fourth-order valence-electron chi connectivity index (χ4n) is 1.96. The predicted molar refractivity (Wildman–Crippen MR) is 78.6 cm³/mol. The molecule has 17 heavy (non-hydrogen) atoms. The van der Waals surface area contributed by atoms with Gasteiger partial charge in [-0.15, -0.1) is 11.3 Å². The molecule has 0 radical (unpaired) electrons. The van der Waals surface area contributed by atoms with Crippen LogP contribution in [0.4, 0.5) is 5.82 Å². The molecule has 1 aromatic heterocycles. The molecule has 0 saturated heterocycles. The molecule has 2 N–H and O–H groups in total. The Morgan fingerprint density at radius 2 is 1.65 bits per heavy atom. The van der Waals surface area contributed by atoms with Gasteiger partial charge in [-0.3, -0.25) is 0 Å². The Kier molecular flexibility index (Phi) is 3.27. The highest BCUT2D eigenvalue weighted by atomic mass is 79.9. The first kappa shape index (κ1) is 12.6. The summed E-state index contributed by atoms with van der Waals surface area (Å²) in [5.41, 5.74) is 12.2. The van der Waals surface area contributed by atoms with Gasteiger partial charge >= 0.3 is 0 Å². The van der Waals surface area contributed by atoms with Crippen LogP contribution in [0.3, 0.4) is 0 Å². The van der Waals surface area contributed by atoms with E-state index in [2.05, 4.69) is 54.7 Å². The zero-order valence-corrected chi connectivity index (χ0v) is 12.8. The molecular formula is C13H15BrN2S. The number of benzene rings is 1. The van der Waals surface area contributed by atoms with Gasteiger partial charge in [-0.25, -0.2) is 4.98 Å². The molecule has 1 heterocycles. The quantitative estimate of drug-likeness (QED) is 0.848. The lowest BCUT2D eigenvalue weighted by atomic mass is 9.95. The monoisotopic (exact) mass is 310 g/mol. The van der Waals surface area contributed by atoms with Crippen molar-refractivity contribution in [3.63, 3.8) is 0 Å². The summed E-state index contributed by atoms with van der Waals surface area (Å²) in [6, 6.07) is 2.22. The topological polar surface area (TPSA) is 38.9 Å². The standard InChI is InChI=1S/C13H15BrN2S/c1-6-5-7(2)9(4)10(8(6)3)13-16-12(15)11(14)17-13/h5H,15H2,1-4H3. The normalized spacial score (nSPS) is 10.9. The van der Waals surface area contributed by atoms with E-state index in [4.69, 9.17) is 5.73 Å². The maximum atomic E-state index is 5.81. The average molecular weight is 311 g/mol. The van der Waals surface area contributed by atoms with E-state index in [-0.39, 0.29) is 0 Å². The van der Waals surface area contributed by atoms with E-state index in [0.717, 1.165) is 8.79 Å². The van der Waals surface area contributed by atoms with Crippen LogP contribution in [0.5, 0.6) is 0 Å². The highest BCUT2D eigenvalue weighted by Crippen LogP contribution is 2.38. The van der Waals surface area contributed by atoms with Gasteiger partial charge in [-0.1, -0.05) is 6.07 Å². The number of hydrogen-bond donors (Lipinski definition) is 1. The second kappa shape index (κ2) is 4.42. The summed E-state index contributed by atoms with van der Waals surface area (Å²) in [5.74, 6) is 0.572. The summed E-state index contributed by atoms with van der Waals surface area (Å²) in [7, 11) is 0. The van der Waals surface area contributed by atoms with Gasteiger partial charge in [0.1, 0.15) is 14.6 Å². The number of anilines is 1. The van der Waals surface area contributed by atoms with Gasteiger partial charge < -0.3 is 5.73 Å². The summed E-state index contributed by atoms with van der Waals surface area (Å²) < 4.78 is 0.908. The molecule has 0 aliphatic carbocycles. The van der Waals surface area contributed by atoms with Crippen molar-refractivity contribution in [2.75, 3.05) is 5.73 Å². The second-order valence-electron chi connectivity index (χ2n) is 4.31. The van der Waals surface area contributed by atoms with Crippen molar-refractivity contribution in [3.8, 4) is 10.6 Å². The van der Waals surface area contributed by atoms with Crippen molar-refractivity contribution in [1.29, 1.82) is 0 Å². The Morgan fingerprint density at radius 1 is 1.12 bits per heavy atom. The molecule has 0 amide bonds. The Balaban J connectivity index is 2.74. The van der Waals surface area contributed by atoms with E-state index in [1.807, 2.05) is 0 Å². The van der Waals surface area contributed by atoms with Crippen molar-refractivity contribution >= 4 is 33.1 Å². The zero-order valence-electron chi connectivity index (χ0n) is 10.4. The Bertz CT molecular complexity index is 542. The highest BCUT2D eigenvalue weighted by Gasteiger charge is 2.15.